The van der Waals surface area contributed by atoms with Crippen molar-refractivity contribution in [3.05, 3.63) is 59.2 Å². The lowest BCUT2D eigenvalue weighted by atomic mass is 10.1. The Morgan fingerprint density at radius 3 is 2.75 bits per heavy atom. The van der Waals surface area contributed by atoms with E-state index >= 15 is 0 Å². The smallest absolute Gasteiger partial charge is 0.251 e. The summed E-state index contributed by atoms with van der Waals surface area (Å²) in [5.74, 6) is 0.576. The molecule has 0 saturated carbocycles. The van der Waals surface area contributed by atoms with E-state index in [2.05, 4.69) is 5.32 Å². The standard InChI is InChI=1S/C16H18N2O2/c1-11-6-7-13(9-15(11)20-2)16(19)18-10-12-4-3-5-14(17)8-12/h3-9H,10,17H2,1-2H3,(H,18,19). The number of nitrogen functional groups attached to an aromatic ring is 1. The van der Waals surface area contributed by atoms with E-state index in [1.165, 1.54) is 0 Å². The Bertz CT molecular complexity index is 624. The van der Waals surface area contributed by atoms with E-state index in [4.69, 9.17) is 10.5 Å². The molecule has 0 radical (unpaired) electrons. The van der Waals surface area contributed by atoms with E-state index in [0.29, 0.717) is 23.5 Å². The van der Waals surface area contributed by atoms with E-state index in [9.17, 15) is 4.79 Å². The molecule has 0 fully saturated rings. The second-order valence-corrected chi connectivity index (χ2v) is 4.61. The minimum atomic E-state index is -0.134. The number of hydrogen-bond acceptors (Lipinski definition) is 3. The molecule has 1 amide bonds. The molecule has 0 unspecified atom stereocenters. The van der Waals surface area contributed by atoms with Crippen molar-refractivity contribution in [1.82, 2.24) is 5.32 Å². The molecule has 2 aromatic rings. The third-order valence-electron chi connectivity index (χ3n) is 3.07. The van der Waals surface area contributed by atoms with Crippen LogP contribution in [0.2, 0.25) is 0 Å². The molecule has 2 rings (SSSR count). The lowest BCUT2D eigenvalue weighted by Crippen LogP contribution is -2.22. The Morgan fingerprint density at radius 2 is 2.05 bits per heavy atom. The summed E-state index contributed by atoms with van der Waals surface area (Å²) in [4.78, 5) is 12.1. The maximum Gasteiger partial charge on any atom is 0.251 e. The van der Waals surface area contributed by atoms with E-state index in [-0.39, 0.29) is 5.91 Å². The van der Waals surface area contributed by atoms with Crippen LogP contribution in [0.25, 0.3) is 0 Å². The second-order valence-electron chi connectivity index (χ2n) is 4.61. The number of nitrogens with one attached hydrogen (secondary N) is 1. The number of nitrogens with two attached hydrogens (primary N) is 1. The highest BCUT2D eigenvalue weighted by Gasteiger charge is 2.08. The summed E-state index contributed by atoms with van der Waals surface area (Å²) >= 11 is 0. The fourth-order valence-electron chi connectivity index (χ4n) is 1.95. The number of methoxy groups -OCH3 is 1. The fourth-order valence-corrected chi connectivity index (χ4v) is 1.95. The topological polar surface area (TPSA) is 64.3 Å². The molecular weight excluding hydrogens is 252 g/mol. The van der Waals surface area contributed by atoms with Gasteiger partial charge in [-0.2, -0.15) is 0 Å². The summed E-state index contributed by atoms with van der Waals surface area (Å²) in [5, 5.41) is 2.86. The SMILES string of the molecule is COc1cc(C(=O)NCc2cccc(N)c2)ccc1C. The Labute approximate surface area is 118 Å². The fraction of sp³-hybridized carbons (Fsp3) is 0.188. The average Bonchev–Trinajstić information content (AvgIpc) is 2.45. The van der Waals surface area contributed by atoms with Gasteiger partial charge in [0.15, 0.2) is 0 Å². The Hall–Kier alpha value is -2.49. The first-order valence-electron chi connectivity index (χ1n) is 6.37. The maximum absolute atomic E-state index is 12.1. The van der Waals surface area contributed by atoms with Crippen LogP contribution < -0.4 is 15.8 Å². The predicted molar refractivity (Wildman–Crippen MR) is 79.8 cm³/mol. The Balaban J connectivity index is 2.05. The van der Waals surface area contributed by atoms with Crippen LogP contribution in [-0.4, -0.2) is 13.0 Å². The van der Waals surface area contributed by atoms with Gasteiger partial charge < -0.3 is 15.8 Å². The number of aryl methyl sites for hydroxylation is 1. The van der Waals surface area contributed by atoms with Gasteiger partial charge in [-0.1, -0.05) is 18.2 Å². The average molecular weight is 270 g/mol. The number of hydrogen-bond donors (Lipinski definition) is 2. The van der Waals surface area contributed by atoms with Crippen molar-refractivity contribution in [1.29, 1.82) is 0 Å². The zero-order chi connectivity index (χ0) is 14.5. The van der Waals surface area contributed by atoms with Crippen LogP contribution in [-0.2, 0) is 6.54 Å². The highest BCUT2D eigenvalue weighted by atomic mass is 16.5. The van der Waals surface area contributed by atoms with Crippen LogP contribution in [0.1, 0.15) is 21.5 Å². The molecule has 0 aromatic heterocycles. The van der Waals surface area contributed by atoms with Crippen LogP contribution >= 0.6 is 0 Å². The molecule has 104 valence electrons. The zero-order valence-corrected chi connectivity index (χ0v) is 11.6. The second kappa shape index (κ2) is 6.10. The van der Waals surface area contributed by atoms with Gasteiger partial charge in [-0.25, -0.2) is 0 Å². The van der Waals surface area contributed by atoms with Gasteiger partial charge in [0.2, 0.25) is 0 Å². The summed E-state index contributed by atoms with van der Waals surface area (Å²) in [6.07, 6.45) is 0. The van der Waals surface area contributed by atoms with Crippen LogP contribution in [0.3, 0.4) is 0 Å². The molecule has 0 aliphatic rings. The van der Waals surface area contributed by atoms with Crippen LogP contribution in [0, 0.1) is 6.92 Å². The van der Waals surface area contributed by atoms with E-state index < -0.39 is 0 Å². The molecule has 0 aliphatic heterocycles. The third kappa shape index (κ3) is 3.29. The molecule has 0 heterocycles. The normalized spacial score (nSPS) is 10.1. The monoisotopic (exact) mass is 270 g/mol. The number of ether oxygens (including phenoxy) is 1. The molecule has 0 spiro atoms. The number of rotatable bonds is 4. The molecule has 4 heteroatoms. The molecule has 0 atom stereocenters. The summed E-state index contributed by atoms with van der Waals surface area (Å²) < 4.78 is 5.22. The highest BCUT2D eigenvalue weighted by Crippen LogP contribution is 2.19. The highest BCUT2D eigenvalue weighted by molar-refractivity contribution is 5.94. The van der Waals surface area contributed by atoms with Gasteiger partial charge in [-0.05, 0) is 42.3 Å². The Morgan fingerprint density at radius 1 is 1.25 bits per heavy atom. The van der Waals surface area contributed by atoms with Gasteiger partial charge in [0.05, 0.1) is 7.11 Å². The van der Waals surface area contributed by atoms with Gasteiger partial charge >= 0.3 is 0 Å². The molecule has 20 heavy (non-hydrogen) atoms. The Kier molecular flexibility index (Phi) is 4.25. The lowest BCUT2D eigenvalue weighted by molar-refractivity contribution is 0.0950. The number of amides is 1. The van der Waals surface area contributed by atoms with Crippen molar-refractivity contribution in [3.8, 4) is 5.75 Å². The molecule has 3 N–H and O–H groups in total. The van der Waals surface area contributed by atoms with Crippen molar-refractivity contribution in [3.63, 3.8) is 0 Å². The minimum absolute atomic E-state index is 0.134. The number of carbonyl (C=O) groups is 1. The van der Waals surface area contributed by atoms with Gasteiger partial charge in [-0.15, -0.1) is 0 Å². The van der Waals surface area contributed by atoms with Crippen molar-refractivity contribution in [2.24, 2.45) is 0 Å². The maximum atomic E-state index is 12.1. The molecule has 0 saturated heterocycles. The molecule has 0 aliphatic carbocycles. The minimum Gasteiger partial charge on any atom is -0.496 e. The summed E-state index contributed by atoms with van der Waals surface area (Å²) in [7, 11) is 1.59. The van der Waals surface area contributed by atoms with Crippen molar-refractivity contribution in [2.45, 2.75) is 13.5 Å². The summed E-state index contributed by atoms with van der Waals surface area (Å²) in [6.45, 7) is 2.38. The largest absolute Gasteiger partial charge is 0.496 e. The van der Waals surface area contributed by atoms with E-state index in [0.717, 1.165) is 11.1 Å². The van der Waals surface area contributed by atoms with Crippen LogP contribution in [0.15, 0.2) is 42.5 Å². The quantitative estimate of drug-likeness (QED) is 0.839. The van der Waals surface area contributed by atoms with Crippen molar-refractivity contribution >= 4 is 11.6 Å². The first kappa shape index (κ1) is 13.9. The first-order valence-corrected chi connectivity index (χ1v) is 6.37. The lowest BCUT2D eigenvalue weighted by Gasteiger charge is -2.09. The number of benzene rings is 2. The predicted octanol–water partition coefficient (Wildman–Crippen LogP) is 2.52. The summed E-state index contributed by atoms with van der Waals surface area (Å²) in [5.41, 5.74) is 8.94. The molecule has 4 nitrogen and oxygen atoms in total. The van der Waals surface area contributed by atoms with Crippen LogP contribution in [0.5, 0.6) is 5.75 Å². The van der Waals surface area contributed by atoms with Gasteiger partial charge in [0.25, 0.3) is 5.91 Å². The zero-order valence-electron chi connectivity index (χ0n) is 11.6. The number of anilines is 1. The van der Waals surface area contributed by atoms with E-state index in [1.54, 1.807) is 19.2 Å². The van der Waals surface area contributed by atoms with Gasteiger partial charge in [0, 0.05) is 17.8 Å². The van der Waals surface area contributed by atoms with E-state index in [1.807, 2.05) is 37.3 Å². The van der Waals surface area contributed by atoms with Crippen LogP contribution in [0.4, 0.5) is 5.69 Å². The summed E-state index contributed by atoms with van der Waals surface area (Å²) in [6, 6.07) is 12.8. The third-order valence-corrected chi connectivity index (χ3v) is 3.07. The molecule has 2 aromatic carbocycles. The van der Waals surface area contributed by atoms with Gasteiger partial charge in [-0.3, -0.25) is 4.79 Å². The van der Waals surface area contributed by atoms with Gasteiger partial charge in [0.1, 0.15) is 5.75 Å². The van der Waals surface area contributed by atoms with Crippen molar-refractivity contribution < 1.29 is 9.53 Å². The molecular formula is C16H18N2O2. The number of carbonyl (C=O) groups excluding carboxylic acids is 1. The first-order chi connectivity index (χ1) is 9.60. The molecule has 0 bridgehead atoms. The van der Waals surface area contributed by atoms with Crippen molar-refractivity contribution in [2.75, 3.05) is 12.8 Å².